The maximum absolute atomic E-state index is 12.6. The molecule has 1 aliphatic rings. The molecule has 1 heterocycles. The molecule has 23 heavy (non-hydrogen) atoms. The molecule has 5 heteroatoms. The Bertz CT molecular complexity index is 670. The lowest BCUT2D eigenvalue weighted by atomic mass is 9.95. The molecule has 0 bridgehead atoms. The number of benzene rings is 1. The third-order valence-electron chi connectivity index (χ3n) is 4.24. The molecule has 2 aromatic rings. The Labute approximate surface area is 136 Å². The quantitative estimate of drug-likeness (QED) is 0.934. The van der Waals surface area contributed by atoms with Crippen molar-refractivity contribution in [3.63, 3.8) is 0 Å². The number of carbonyl (C=O) groups excluding carboxylic acids is 1. The molecule has 5 nitrogen and oxygen atoms in total. The zero-order chi connectivity index (χ0) is 16.2. The minimum absolute atomic E-state index is 0.153. The molecular weight excluding hydrogens is 292 g/mol. The first-order valence-corrected chi connectivity index (χ1v) is 8.10. The number of hydrogen-bond acceptors (Lipinski definition) is 4. The average molecular weight is 314 g/mol. The van der Waals surface area contributed by atoms with E-state index in [1.807, 2.05) is 24.3 Å². The van der Waals surface area contributed by atoms with Crippen LogP contribution in [0.4, 0.5) is 0 Å². The SMILES string of the molecule is COc1ccc(-c2oc(C)nc2C(=O)NC2CCCCC2)cc1. The molecule has 1 aromatic carbocycles. The van der Waals surface area contributed by atoms with E-state index in [2.05, 4.69) is 10.3 Å². The lowest BCUT2D eigenvalue weighted by Gasteiger charge is -2.22. The highest BCUT2D eigenvalue weighted by molar-refractivity contribution is 5.97. The number of nitrogens with zero attached hydrogens (tertiary/aromatic N) is 1. The topological polar surface area (TPSA) is 64.4 Å². The monoisotopic (exact) mass is 314 g/mol. The lowest BCUT2D eigenvalue weighted by molar-refractivity contribution is 0.0923. The third kappa shape index (κ3) is 3.55. The van der Waals surface area contributed by atoms with Gasteiger partial charge in [0, 0.05) is 18.5 Å². The van der Waals surface area contributed by atoms with E-state index in [-0.39, 0.29) is 11.9 Å². The summed E-state index contributed by atoms with van der Waals surface area (Å²) >= 11 is 0. The number of hydrogen-bond donors (Lipinski definition) is 1. The largest absolute Gasteiger partial charge is 0.497 e. The van der Waals surface area contributed by atoms with Gasteiger partial charge < -0.3 is 14.5 Å². The van der Waals surface area contributed by atoms with Crippen LogP contribution in [0.3, 0.4) is 0 Å². The van der Waals surface area contributed by atoms with Crippen molar-refractivity contribution in [2.24, 2.45) is 0 Å². The lowest BCUT2D eigenvalue weighted by Crippen LogP contribution is -2.36. The van der Waals surface area contributed by atoms with Gasteiger partial charge in [0.15, 0.2) is 17.3 Å². The molecular formula is C18H22N2O3. The molecule has 0 spiro atoms. The summed E-state index contributed by atoms with van der Waals surface area (Å²) in [4.78, 5) is 16.9. The Hall–Kier alpha value is -2.30. The van der Waals surface area contributed by atoms with Crippen molar-refractivity contribution in [2.75, 3.05) is 7.11 Å². The van der Waals surface area contributed by atoms with Crippen LogP contribution in [0.25, 0.3) is 11.3 Å². The van der Waals surface area contributed by atoms with Gasteiger partial charge in [0.05, 0.1) is 7.11 Å². The van der Waals surface area contributed by atoms with Gasteiger partial charge >= 0.3 is 0 Å². The van der Waals surface area contributed by atoms with Gasteiger partial charge in [-0.1, -0.05) is 19.3 Å². The van der Waals surface area contributed by atoms with Crippen molar-refractivity contribution in [1.82, 2.24) is 10.3 Å². The van der Waals surface area contributed by atoms with E-state index in [1.54, 1.807) is 14.0 Å². The van der Waals surface area contributed by atoms with E-state index >= 15 is 0 Å². The molecule has 1 amide bonds. The molecule has 1 N–H and O–H groups in total. The maximum atomic E-state index is 12.6. The third-order valence-corrected chi connectivity index (χ3v) is 4.24. The second-order valence-corrected chi connectivity index (χ2v) is 5.95. The molecule has 0 atom stereocenters. The minimum atomic E-state index is -0.153. The van der Waals surface area contributed by atoms with Crippen LogP contribution in [0, 0.1) is 6.92 Å². The van der Waals surface area contributed by atoms with Gasteiger partial charge in [-0.2, -0.15) is 0 Å². The van der Waals surface area contributed by atoms with E-state index in [4.69, 9.17) is 9.15 Å². The fraction of sp³-hybridized carbons (Fsp3) is 0.444. The molecule has 1 saturated carbocycles. The Morgan fingerprint density at radius 3 is 2.57 bits per heavy atom. The molecule has 1 aliphatic carbocycles. The van der Waals surface area contributed by atoms with Crippen molar-refractivity contribution >= 4 is 5.91 Å². The number of amides is 1. The highest BCUT2D eigenvalue weighted by atomic mass is 16.5. The fourth-order valence-electron chi connectivity index (χ4n) is 3.02. The number of nitrogens with one attached hydrogen (secondary N) is 1. The van der Waals surface area contributed by atoms with Gasteiger partial charge in [0.25, 0.3) is 5.91 Å². The maximum Gasteiger partial charge on any atom is 0.274 e. The Morgan fingerprint density at radius 1 is 1.22 bits per heavy atom. The van der Waals surface area contributed by atoms with Crippen molar-refractivity contribution < 1.29 is 13.9 Å². The van der Waals surface area contributed by atoms with E-state index in [0.717, 1.165) is 24.2 Å². The molecule has 0 radical (unpaired) electrons. The summed E-state index contributed by atoms with van der Waals surface area (Å²) in [5, 5.41) is 3.10. The summed E-state index contributed by atoms with van der Waals surface area (Å²) in [6, 6.07) is 7.68. The summed E-state index contributed by atoms with van der Waals surface area (Å²) in [5.74, 6) is 1.61. The summed E-state index contributed by atoms with van der Waals surface area (Å²) in [6.07, 6.45) is 5.69. The normalized spacial score (nSPS) is 15.4. The van der Waals surface area contributed by atoms with Crippen LogP contribution in [0.2, 0.25) is 0 Å². The number of aromatic nitrogens is 1. The first-order chi connectivity index (χ1) is 11.2. The van der Waals surface area contributed by atoms with Gasteiger partial charge in [0.1, 0.15) is 5.75 Å². The van der Waals surface area contributed by atoms with Gasteiger partial charge in [-0.15, -0.1) is 0 Å². The number of ether oxygens (including phenoxy) is 1. The van der Waals surface area contributed by atoms with Crippen LogP contribution in [-0.4, -0.2) is 24.0 Å². The van der Waals surface area contributed by atoms with Gasteiger partial charge in [0.2, 0.25) is 0 Å². The van der Waals surface area contributed by atoms with Crippen LogP contribution in [0.1, 0.15) is 48.5 Å². The van der Waals surface area contributed by atoms with Crippen molar-refractivity contribution in [2.45, 2.75) is 45.1 Å². The van der Waals surface area contributed by atoms with Crippen LogP contribution < -0.4 is 10.1 Å². The zero-order valence-corrected chi connectivity index (χ0v) is 13.6. The van der Waals surface area contributed by atoms with Gasteiger partial charge in [-0.05, 0) is 37.1 Å². The van der Waals surface area contributed by atoms with E-state index in [9.17, 15) is 4.79 Å². The van der Waals surface area contributed by atoms with Crippen molar-refractivity contribution in [3.05, 3.63) is 35.9 Å². The first-order valence-electron chi connectivity index (χ1n) is 8.10. The predicted molar refractivity (Wildman–Crippen MR) is 87.6 cm³/mol. The number of methoxy groups -OCH3 is 1. The molecule has 0 saturated heterocycles. The average Bonchev–Trinajstić information content (AvgIpc) is 2.98. The smallest absolute Gasteiger partial charge is 0.274 e. The molecule has 0 aliphatic heterocycles. The predicted octanol–water partition coefficient (Wildman–Crippen LogP) is 3.72. The highest BCUT2D eigenvalue weighted by Crippen LogP contribution is 2.27. The summed E-state index contributed by atoms with van der Waals surface area (Å²) in [7, 11) is 1.62. The van der Waals surface area contributed by atoms with E-state index < -0.39 is 0 Å². The zero-order valence-electron chi connectivity index (χ0n) is 13.6. The van der Waals surface area contributed by atoms with Crippen LogP contribution in [-0.2, 0) is 0 Å². The summed E-state index contributed by atoms with van der Waals surface area (Å²) in [6.45, 7) is 1.75. The van der Waals surface area contributed by atoms with Gasteiger partial charge in [-0.25, -0.2) is 4.98 Å². The number of oxazole rings is 1. The second-order valence-electron chi connectivity index (χ2n) is 5.95. The van der Waals surface area contributed by atoms with Crippen molar-refractivity contribution in [1.29, 1.82) is 0 Å². The first kappa shape index (κ1) is 15.6. The molecule has 3 rings (SSSR count). The van der Waals surface area contributed by atoms with Crippen LogP contribution in [0.5, 0.6) is 5.75 Å². The molecule has 1 aromatic heterocycles. The summed E-state index contributed by atoms with van der Waals surface area (Å²) < 4.78 is 10.8. The number of aryl methyl sites for hydroxylation is 1. The van der Waals surface area contributed by atoms with E-state index in [1.165, 1.54) is 19.3 Å². The number of carbonyl (C=O) groups is 1. The molecule has 1 fully saturated rings. The van der Waals surface area contributed by atoms with Crippen LogP contribution >= 0.6 is 0 Å². The molecule has 122 valence electrons. The van der Waals surface area contributed by atoms with E-state index in [0.29, 0.717) is 17.3 Å². The highest BCUT2D eigenvalue weighted by Gasteiger charge is 2.23. The van der Waals surface area contributed by atoms with Gasteiger partial charge in [-0.3, -0.25) is 4.79 Å². The standard InChI is InChI=1S/C18H22N2O3/c1-12-19-16(18(21)20-14-6-4-3-5-7-14)17(23-12)13-8-10-15(22-2)11-9-13/h8-11,14H,3-7H2,1-2H3,(H,20,21). The Balaban J connectivity index is 1.82. The minimum Gasteiger partial charge on any atom is -0.497 e. The Morgan fingerprint density at radius 2 is 1.91 bits per heavy atom. The fourth-order valence-corrected chi connectivity index (χ4v) is 3.02. The van der Waals surface area contributed by atoms with Crippen molar-refractivity contribution in [3.8, 4) is 17.1 Å². The Kier molecular flexibility index (Phi) is 4.65. The number of rotatable bonds is 4. The van der Waals surface area contributed by atoms with Crippen LogP contribution in [0.15, 0.2) is 28.7 Å². The molecule has 0 unspecified atom stereocenters. The second kappa shape index (κ2) is 6.86. The summed E-state index contributed by atoms with van der Waals surface area (Å²) in [5.41, 5.74) is 1.18.